The van der Waals surface area contributed by atoms with E-state index in [9.17, 15) is 19.2 Å². The van der Waals surface area contributed by atoms with Gasteiger partial charge in [-0.25, -0.2) is 19.2 Å². The van der Waals surface area contributed by atoms with Gasteiger partial charge in [0.2, 0.25) is 0 Å². The molecule has 0 radical (unpaired) electrons. The molecule has 12 nitrogen and oxygen atoms in total. The Morgan fingerprint density at radius 2 is 0.690 bits per heavy atom. The monoisotopic (exact) mass is 1230 g/mol. The fourth-order valence-electron chi connectivity index (χ4n) is 11.6. The first kappa shape index (κ1) is 73.1. The van der Waals surface area contributed by atoms with Gasteiger partial charge in [-0.05, 0) is 124 Å². The van der Waals surface area contributed by atoms with Gasteiger partial charge in [0.25, 0.3) is 0 Å². The molecule has 87 heavy (non-hydrogen) atoms. The summed E-state index contributed by atoms with van der Waals surface area (Å²) in [7, 11) is 0. The van der Waals surface area contributed by atoms with E-state index in [0.717, 1.165) is 147 Å². The molecule has 476 valence electrons. The van der Waals surface area contributed by atoms with Crippen LogP contribution in [0.25, 0.3) is 11.1 Å². The van der Waals surface area contributed by atoms with Crippen LogP contribution in [0.2, 0.25) is 0 Å². The van der Waals surface area contributed by atoms with Crippen LogP contribution in [0, 0.1) is 51.4 Å². The molecule has 2 aliphatic rings. The third kappa shape index (κ3) is 19.3. The second-order valence-electron chi connectivity index (χ2n) is 23.7. The summed E-state index contributed by atoms with van der Waals surface area (Å²) < 4.78 is 23.4. The van der Waals surface area contributed by atoms with Crippen molar-refractivity contribution in [1.29, 1.82) is 0 Å². The van der Waals surface area contributed by atoms with Gasteiger partial charge in [0.1, 0.15) is 0 Å². The number of rotatable bonds is 32. The third-order valence-electron chi connectivity index (χ3n) is 17.3. The molecule has 0 amide bonds. The molecule has 0 fully saturated rings. The Balaban J connectivity index is 0.000000368. The molecule has 0 saturated carbocycles. The zero-order chi connectivity index (χ0) is 63.0. The quantitative estimate of drug-likeness (QED) is 0.0262. The number of carbonyl (C=O) groups excluding carboxylic acids is 4. The topological polar surface area (TPSA) is 158 Å². The van der Waals surface area contributed by atoms with Gasteiger partial charge in [-0.1, -0.05) is 218 Å². The van der Waals surface area contributed by atoms with Crippen molar-refractivity contribution in [3.63, 3.8) is 0 Å². The summed E-state index contributed by atoms with van der Waals surface area (Å²) >= 11 is 0. The van der Waals surface area contributed by atoms with Crippen molar-refractivity contribution in [2.24, 2.45) is 33.7 Å². The molecule has 2 aliphatic heterocycles. The molecule has 6 rings (SSSR count). The molecule has 4 heterocycles. The van der Waals surface area contributed by atoms with Gasteiger partial charge < -0.3 is 28.9 Å². The number of hydrogen-bond donors (Lipinski definition) is 0. The van der Waals surface area contributed by atoms with Crippen LogP contribution in [0.1, 0.15) is 252 Å². The number of unbranched alkanes of at least 4 members (excludes halogenated alkanes) is 4. The van der Waals surface area contributed by atoms with E-state index < -0.39 is 0 Å². The first-order valence-electron chi connectivity index (χ1n) is 32.5. The number of esters is 4. The van der Waals surface area contributed by atoms with E-state index in [-0.39, 0.29) is 40.4 Å². The van der Waals surface area contributed by atoms with Gasteiger partial charge in [0.15, 0.2) is 0 Å². The van der Waals surface area contributed by atoms with Gasteiger partial charge in [-0.2, -0.15) is 0 Å². The third-order valence-corrected chi connectivity index (χ3v) is 17.3. The summed E-state index contributed by atoms with van der Waals surface area (Å²) in [5.41, 5.74) is 13.7. The van der Waals surface area contributed by atoms with E-state index in [1.54, 1.807) is 0 Å². The predicted molar refractivity (Wildman–Crippen MR) is 351 cm³/mol. The maximum atomic E-state index is 13.4. The molecule has 13 heteroatoms. The Bertz CT molecular complexity index is 2910. The van der Waals surface area contributed by atoms with E-state index in [1.807, 2.05) is 116 Å². The maximum absolute atomic E-state index is 13.4. The Hall–Kier alpha value is -6.33. The van der Waals surface area contributed by atoms with Crippen LogP contribution >= 0.6 is 0 Å². The second-order valence-corrected chi connectivity index (χ2v) is 23.7. The number of nitrogens with zero attached hydrogens (tertiary/aromatic N) is 4. The van der Waals surface area contributed by atoms with Crippen molar-refractivity contribution in [3.8, 4) is 0 Å². The van der Waals surface area contributed by atoms with Crippen molar-refractivity contribution in [2.45, 2.75) is 214 Å². The molecule has 0 aliphatic carbocycles. The summed E-state index contributed by atoms with van der Waals surface area (Å²) in [4.78, 5) is 73.1. The fraction of sp³-hybridized carbons (Fsp3) is 0.541. The SMILES string of the molecule is CCCCC(CC)COC(=O)C1=C(C)/C(=C(\c2ccccc2)c2[n-]c(C)c(C(=O)OCC(CC)CCCC)c2C)N=C1C.CCCCC(CC)COC(=O)C1=C(C)/C(=C(\c2ccccc2)c2[n-]c(C)c(C(=O)OCC(CC)CCCC)c2C)N=C1C.[Ni+2]. The van der Waals surface area contributed by atoms with Gasteiger partial charge in [0, 0.05) is 11.1 Å². The second kappa shape index (κ2) is 36.9. The van der Waals surface area contributed by atoms with Crippen LogP contribution in [0.3, 0.4) is 0 Å². The molecule has 2 aromatic heterocycles. The summed E-state index contributed by atoms with van der Waals surface area (Å²) in [5.74, 6) is 0.0823. The summed E-state index contributed by atoms with van der Waals surface area (Å²) in [6.45, 7) is 34.0. The first-order chi connectivity index (χ1) is 41.3. The van der Waals surface area contributed by atoms with Crippen LogP contribution in [0.15, 0.2) is 104 Å². The number of ether oxygens (including phenoxy) is 4. The van der Waals surface area contributed by atoms with Crippen LogP contribution in [0.5, 0.6) is 0 Å². The molecule has 0 spiro atoms. The van der Waals surface area contributed by atoms with Crippen LogP contribution in [-0.4, -0.2) is 61.7 Å². The van der Waals surface area contributed by atoms with Crippen LogP contribution < -0.4 is 9.97 Å². The zero-order valence-electron chi connectivity index (χ0n) is 55.6. The smallest absolute Gasteiger partial charge is 0.660 e. The average Bonchev–Trinajstić information content (AvgIpc) is 1.68. The van der Waals surface area contributed by atoms with Gasteiger partial charge in [-0.15, -0.1) is 22.8 Å². The zero-order valence-corrected chi connectivity index (χ0v) is 56.6. The predicted octanol–water partition coefficient (Wildman–Crippen LogP) is 17.9. The van der Waals surface area contributed by atoms with E-state index in [1.165, 1.54) is 0 Å². The molecular formula is C74H102N4NiO8. The maximum Gasteiger partial charge on any atom is 2.00 e. The van der Waals surface area contributed by atoms with Crippen LogP contribution in [-0.2, 0) is 45.0 Å². The largest absolute Gasteiger partial charge is 2.00 e. The molecule has 4 atom stereocenters. The number of aliphatic imine (C=N–C) groups is 2. The summed E-state index contributed by atoms with van der Waals surface area (Å²) in [5, 5.41) is 0. The summed E-state index contributed by atoms with van der Waals surface area (Å²) in [6.07, 6.45) is 17.2. The number of aryl methyl sites for hydroxylation is 2. The van der Waals surface area contributed by atoms with Crippen molar-refractivity contribution in [2.75, 3.05) is 26.4 Å². The molecule has 2 aromatic carbocycles. The number of benzene rings is 2. The van der Waals surface area contributed by atoms with Crippen LogP contribution in [0.4, 0.5) is 0 Å². The van der Waals surface area contributed by atoms with Gasteiger partial charge in [-0.3, -0.25) is 9.98 Å². The first-order valence-corrected chi connectivity index (χ1v) is 32.5. The standard InChI is InChI=1S/2C37H52N2O4.Ni/c2*1-9-13-18-28(11-3)22-42-36(40)31-24(5)34(38-26(31)7)33(30-20-16-15-17-21-30)35-25(6)32(27(8)39-35)37(41)43-23-29(12-4)19-14-10-2;/h2*15-17,20-21,28-29H,9-14,18-19,22-23H2,1-8H3,(H,38,39,40,41);/q;;+2/p-2. The normalized spacial score (nSPS) is 15.6. The number of allylic oxidation sites excluding steroid dienone is 2. The average molecular weight is 1230 g/mol. The van der Waals surface area contributed by atoms with Crippen molar-refractivity contribution in [3.05, 3.63) is 151 Å². The van der Waals surface area contributed by atoms with E-state index >= 15 is 0 Å². The molecule has 4 aromatic rings. The van der Waals surface area contributed by atoms with E-state index in [0.29, 0.717) is 118 Å². The van der Waals surface area contributed by atoms with E-state index in [4.69, 9.17) is 38.9 Å². The molecule has 4 unspecified atom stereocenters. The minimum atomic E-state index is -0.336. The molecular weight excluding hydrogens is 1130 g/mol. The number of aromatic nitrogens is 2. The Kier molecular flexibility index (Phi) is 31.0. The molecule has 0 saturated heterocycles. The van der Waals surface area contributed by atoms with Gasteiger partial charge >= 0.3 is 40.4 Å². The number of carbonyl (C=O) groups is 4. The van der Waals surface area contributed by atoms with Crippen molar-refractivity contribution in [1.82, 2.24) is 9.97 Å². The fourth-order valence-corrected chi connectivity index (χ4v) is 11.6. The minimum Gasteiger partial charge on any atom is -0.660 e. The minimum absolute atomic E-state index is 0. The van der Waals surface area contributed by atoms with Gasteiger partial charge in [0.05, 0.1) is 60.4 Å². The molecule has 0 N–H and O–H groups in total. The molecule has 0 bridgehead atoms. The van der Waals surface area contributed by atoms with Crippen molar-refractivity contribution < 1.29 is 54.6 Å². The van der Waals surface area contributed by atoms with E-state index in [2.05, 4.69) is 55.4 Å². The van der Waals surface area contributed by atoms with Crippen molar-refractivity contribution >= 4 is 46.4 Å². The Morgan fingerprint density at radius 1 is 0.414 bits per heavy atom. The summed E-state index contributed by atoms with van der Waals surface area (Å²) in [6, 6.07) is 19.9. The number of hydrogen-bond acceptors (Lipinski definition) is 10. The Morgan fingerprint density at radius 3 is 0.954 bits per heavy atom. The Labute approximate surface area is 532 Å².